The molecule has 2 rings (SSSR count). The number of benzene rings is 1. The summed E-state index contributed by atoms with van der Waals surface area (Å²) in [7, 11) is 0. The number of hydrogen-bond donors (Lipinski definition) is 1. The predicted molar refractivity (Wildman–Crippen MR) is 88.3 cm³/mol. The van der Waals surface area contributed by atoms with Crippen molar-refractivity contribution >= 4 is 5.91 Å². The molecule has 0 saturated carbocycles. The van der Waals surface area contributed by atoms with Crippen LogP contribution < -0.4 is 10.1 Å². The van der Waals surface area contributed by atoms with Crippen LogP contribution in [0.3, 0.4) is 0 Å². The Balaban J connectivity index is 2.00. The molecule has 124 valence electrons. The van der Waals surface area contributed by atoms with E-state index in [-0.39, 0.29) is 24.0 Å². The number of carbonyl (C=O) groups is 1. The Bertz CT molecular complexity index is 606. The second-order valence-corrected chi connectivity index (χ2v) is 6.10. The van der Waals surface area contributed by atoms with E-state index in [0.29, 0.717) is 12.1 Å². The van der Waals surface area contributed by atoms with Crippen LogP contribution >= 0.6 is 0 Å². The van der Waals surface area contributed by atoms with Gasteiger partial charge in [0, 0.05) is 5.56 Å². The van der Waals surface area contributed by atoms with Crippen LogP contribution in [0, 0.1) is 5.92 Å². The fourth-order valence-corrected chi connectivity index (χ4v) is 2.15. The number of nitrogens with zero attached hydrogens (tertiary/aromatic N) is 3. The Morgan fingerprint density at radius 1 is 1.13 bits per heavy atom. The SMILES string of the molecule is CC(C)Oc1ccc(C(=O)NC(Cn2nccn2)C(C)C)cc1. The largest absolute Gasteiger partial charge is 0.491 e. The van der Waals surface area contributed by atoms with Gasteiger partial charge in [-0.05, 0) is 44.0 Å². The first-order valence-electron chi connectivity index (χ1n) is 7.87. The number of amides is 1. The molecule has 1 aromatic carbocycles. The third kappa shape index (κ3) is 5.09. The number of carbonyl (C=O) groups excluding carboxylic acids is 1. The van der Waals surface area contributed by atoms with Crippen LogP contribution in [-0.2, 0) is 6.54 Å². The lowest BCUT2D eigenvalue weighted by atomic mass is 10.0. The van der Waals surface area contributed by atoms with E-state index in [2.05, 4.69) is 29.4 Å². The summed E-state index contributed by atoms with van der Waals surface area (Å²) in [6, 6.07) is 7.14. The number of hydrogen-bond acceptors (Lipinski definition) is 4. The zero-order valence-electron chi connectivity index (χ0n) is 14.1. The van der Waals surface area contributed by atoms with Crippen LogP contribution in [-0.4, -0.2) is 33.0 Å². The predicted octanol–water partition coefficient (Wildman–Crippen LogP) is 2.52. The summed E-state index contributed by atoms with van der Waals surface area (Å²) in [5.41, 5.74) is 0.611. The van der Waals surface area contributed by atoms with Gasteiger partial charge in [-0.3, -0.25) is 4.79 Å². The number of nitrogens with one attached hydrogen (secondary N) is 1. The van der Waals surface area contributed by atoms with Crippen LogP contribution in [0.15, 0.2) is 36.7 Å². The zero-order valence-corrected chi connectivity index (χ0v) is 14.1. The van der Waals surface area contributed by atoms with E-state index >= 15 is 0 Å². The van der Waals surface area contributed by atoms with E-state index in [1.807, 2.05) is 26.0 Å². The molecule has 0 saturated heterocycles. The molecule has 2 aromatic rings. The molecule has 6 nitrogen and oxygen atoms in total. The molecule has 1 amide bonds. The Morgan fingerprint density at radius 2 is 1.74 bits per heavy atom. The minimum atomic E-state index is -0.105. The fraction of sp³-hybridized carbons (Fsp3) is 0.471. The zero-order chi connectivity index (χ0) is 16.8. The molecule has 1 N–H and O–H groups in total. The molecule has 1 atom stereocenters. The average Bonchev–Trinajstić information content (AvgIpc) is 2.99. The molecule has 1 heterocycles. The van der Waals surface area contributed by atoms with Gasteiger partial charge in [0.15, 0.2) is 0 Å². The van der Waals surface area contributed by atoms with Gasteiger partial charge in [-0.15, -0.1) is 0 Å². The first-order chi connectivity index (χ1) is 11.0. The van der Waals surface area contributed by atoms with E-state index in [9.17, 15) is 4.79 Å². The summed E-state index contributed by atoms with van der Waals surface area (Å²) >= 11 is 0. The van der Waals surface area contributed by atoms with Gasteiger partial charge in [0.2, 0.25) is 0 Å². The fourth-order valence-electron chi connectivity index (χ4n) is 2.15. The van der Waals surface area contributed by atoms with Crippen molar-refractivity contribution in [3.05, 3.63) is 42.2 Å². The molecule has 0 bridgehead atoms. The van der Waals surface area contributed by atoms with Crippen molar-refractivity contribution < 1.29 is 9.53 Å². The second kappa shape index (κ2) is 7.76. The summed E-state index contributed by atoms with van der Waals surface area (Å²) < 4.78 is 5.59. The second-order valence-electron chi connectivity index (χ2n) is 6.10. The summed E-state index contributed by atoms with van der Waals surface area (Å²) in [5, 5.41) is 11.2. The highest BCUT2D eigenvalue weighted by Crippen LogP contribution is 2.14. The molecular formula is C17H24N4O2. The molecular weight excluding hydrogens is 292 g/mol. The summed E-state index contributed by atoms with van der Waals surface area (Å²) in [4.78, 5) is 14.0. The van der Waals surface area contributed by atoms with Crippen molar-refractivity contribution in [1.29, 1.82) is 0 Å². The summed E-state index contributed by atoms with van der Waals surface area (Å²) in [6.45, 7) is 8.61. The van der Waals surface area contributed by atoms with Gasteiger partial charge in [0.25, 0.3) is 5.91 Å². The highest BCUT2D eigenvalue weighted by Gasteiger charge is 2.18. The van der Waals surface area contributed by atoms with Gasteiger partial charge in [0.1, 0.15) is 5.75 Å². The maximum Gasteiger partial charge on any atom is 0.251 e. The van der Waals surface area contributed by atoms with E-state index in [0.717, 1.165) is 5.75 Å². The van der Waals surface area contributed by atoms with Crippen molar-refractivity contribution in [3.8, 4) is 5.75 Å². The van der Waals surface area contributed by atoms with Gasteiger partial charge in [-0.2, -0.15) is 15.0 Å². The molecule has 0 aliphatic rings. The van der Waals surface area contributed by atoms with Crippen LogP contribution in [0.4, 0.5) is 0 Å². The van der Waals surface area contributed by atoms with Crippen molar-refractivity contribution in [2.45, 2.75) is 46.4 Å². The Labute approximate surface area is 136 Å². The van der Waals surface area contributed by atoms with Gasteiger partial charge >= 0.3 is 0 Å². The number of aromatic nitrogens is 3. The molecule has 0 fully saturated rings. The third-order valence-electron chi connectivity index (χ3n) is 3.44. The van der Waals surface area contributed by atoms with Gasteiger partial charge in [-0.25, -0.2) is 0 Å². The standard InChI is InChI=1S/C17H24N4O2/c1-12(2)16(11-21-18-9-10-19-21)20-17(22)14-5-7-15(8-6-14)23-13(3)4/h5-10,12-13,16H,11H2,1-4H3,(H,20,22). The first kappa shape index (κ1) is 17.0. The van der Waals surface area contributed by atoms with Crippen LogP contribution in [0.1, 0.15) is 38.1 Å². The first-order valence-corrected chi connectivity index (χ1v) is 7.87. The Hall–Kier alpha value is -2.37. The van der Waals surface area contributed by atoms with E-state index in [1.54, 1.807) is 29.3 Å². The van der Waals surface area contributed by atoms with Crippen molar-refractivity contribution in [2.75, 3.05) is 0 Å². The number of rotatable bonds is 7. The minimum absolute atomic E-state index is 0.0403. The van der Waals surface area contributed by atoms with Crippen molar-refractivity contribution in [1.82, 2.24) is 20.3 Å². The summed E-state index contributed by atoms with van der Waals surface area (Å²) in [5.74, 6) is 0.929. The molecule has 1 unspecified atom stereocenters. The smallest absolute Gasteiger partial charge is 0.251 e. The van der Waals surface area contributed by atoms with E-state index in [1.165, 1.54) is 0 Å². The molecule has 0 aliphatic heterocycles. The highest BCUT2D eigenvalue weighted by atomic mass is 16.5. The lowest BCUT2D eigenvalue weighted by Gasteiger charge is -2.22. The highest BCUT2D eigenvalue weighted by molar-refractivity contribution is 5.94. The monoisotopic (exact) mass is 316 g/mol. The van der Waals surface area contributed by atoms with Gasteiger partial charge in [0.05, 0.1) is 31.1 Å². The van der Waals surface area contributed by atoms with Crippen LogP contribution in [0.2, 0.25) is 0 Å². The van der Waals surface area contributed by atoms with Crippen molar-refractivity contribution in [2.24, 2.45) is 5.92 Å². The Kier molecular flexibility index (Phi) is 5.73. The number of ether oxygens (including phenoxy) is 1. The average molecular weight is 316 g/mol. The molecule has 6 heteroatoms. The normalized spacial score (nSPS) is 12.4. The summed E-state index contributed by atoms with van der Waals surface area (Å²) in [6.07, 6.45) is 3.38. The van der Waals surface area contributed by atoms with E-state index < -0.39 is 0 Å². The maximum absolute atomic E-state index is 12.4. The topological polar surface area (TPSA) is 69.0 Å². The van der Waals surface area contributed by atoms with E-state index in [4.69, 9.17) is 4.74 Å². The lowest BCUT2D eigenvalue weighted by Crippen LogP contribution is -2.42. The molecule has 0 spiro atoms. The Morgan fingerprint density at radius 3 is 2.26 bits per heavy atom. The lowest BCUT2D eigenvalue weighted by molar-refractivity contribution is 0.0918. The van der Waals surface area contributed by atoms with Crippen LogP contribution in [0.25, 0.3) is 0 Å². The molecule has 23 heavy (non-hydrogen) atoms. The molecule has 0 radical (unpaired) electrons. The quantitative estimate of drug-likeness (QED) is 0.852. The molecule has 0 aliphatic carbocycles. The third-order valence-corrected chi connectivity index (χ3v) is 3.44. The van der Waals surface area contributed by atoms with Crippen LogP contribution in [0.5, 0.6) is 5.75 Å². The van der Waals surface area contributed by atoms with Gasteiger partial charge < -0.3 is 10.1 Å². The maximum atomic E-state index is 12.4. The minimum Gasteiger partial charge on any atom is -0.491 e. The van der Waals surface area contributed by atoms with Gasteiger partial charge in [-0.1, -0.05) is 13.8 Å². The molecule has 1 aromatic heterocycles. The van der Waals surface area contributed by atoms with Crippen molar-refractivity contribution in [3.63, 3.8) is 0 Å².